The van der Waals surface area contributed by atoms with Crippen molar-refractivity contribution in [2.75, 3.05) is 24.5 Å². The summed E-state index contributed by atoms with van der Waals surface area (Å²) in [6.07, 6.45) is 0. The van der Waals surface area contributed by atoms with E-state index in [4.69, 9.17) is 27.9 Å². The molecule has 3 rings (SSSR count). The maximum Gasteiger partial charge on any atom is 0.264 e. The van der Waals surface area contributed by atoms with Crippen molar-refractivity contribution >= 4 is 50.7 Å². The van der Waals surface area contributed by atoms with E-state index in [1.165, 1.54) is 30.2 Å². The molecule has 0 saturated carbocycles. The molecule has 0 unspecified atom stereocenters. The van der Waals surface area contributed by atoms with Crippen molar-refractivity contribution in [3.8, 4) is 5.75 Å². The van der Waals surface area contributed by atoms with Crippen LogP contribution in [0.3, 0.4) is 0 Å². The van der Waals surface area contributed by atoms with Crippen LogP contribution in [0.2, 0.25) is 10.0 Å². The van der Waals surface area contributed by atoms with Crippen molar-refractivity contribution in [3.05, 3.63) is 88.4 Å². The maximum atomic E-state index is 13.9. The fourth-order valence-corrected chi connectivity index (χ4v) is 5.63. The summed E-state index contributed by atoms with van der Waals surface area (Å²) in [5.41, 5.74) is 0.869. The van der Waals surface area contributed by atoms with Crippen molar-refractivity contribution < 1.29 is 22.7 Å². The Labute approximate surface area is 245 Å². The molecule has 214 valence electrons. The minimum Gasteiger partial charge on any atom is -0.497 e. The van der Waals surface area contributed by atoms with Gasteiger partial charge in [0.2, 0.25) is 11.8 Å². The third-order valence-corrected chi connectivity index (χ3v) is 8.67. The molecule has 0 aliphatic rings. The lowest BCUT2D eigenvalue weighted by Gasteiger charge is -2.32. The second-order valence-corrected chi connectivity index (χ2v) is 12.3. The van der Waals surface area contributed by atoms with Crippen LogP contribution in [0.4, 0.5) is 5.69 Å². The van der Waals surface area contributed by atoms with Crippen LogP contribution >= 0.6 is 23.2 Å². The zero-order chi connectivity index (χ0) is 29.4. The van der Waals surface area contributed by atoms with Gasteiger partial charge in [0.25, 0.3) is 10.0 Å². The van der Waals surface area contributed by atoms with Gasteiger partial charge in [-0.2, -0.15) is 0 Å². The van der Waals surface area contributed by atoms with Crippen LogP contribution in [0.15, 0.2) is 77.7 Å². The molecular weight excluding hydrogens is 573 g/mol. The Bertz CT molecular complexity index is 1430. The van der Waals surface area contributed by atoms with Gasteiger partial charge in [0.1, 0.15) is 18.3 Å². The van der Waals surface area contributed by atoms with Crippen LogP contribution in [-0.2, 0) is 26.2 Å². The molecule has 0 aliphatic carbocycles. The molecule has 2 amide bonds. The van der Waals surface area contributed by atoms with Gasteiger partial charge in [-0.05, 0) is 54.8 Å². The van der Waals surface area contributed by atoms with E-state index in [-0.39, 0.29) is 29.0 Å². The first-order valence-corrected chi connectivity index (χ1v) is 14.9. The molecule has 0 spiro atoms. The van der Waals surface area contributed by atoms with Gasteiger partial charge in [-0.1, -0.05) is 67.4 Å². The number of hydrogen-bond donors (Lipinski definition) is 1. The molecule has 3 aromatic rings. The second-order valence-electron chi connectivity index (χ2n) is 9.61. The number of amides is 2. The van der Waals surface area contributed by atoms with Crippen LogP contribution in [-0.4, -0.2) is 51.4 Å². The van der Waals surface area contributed by atoms with Crippen molar-refractivity contribution in [2.45, 2.75) is 38.3 Å². The molecule has 0 radical (unpaired) electrons. The minimum absolute atomic E-state index is 0.00330. The molecule has 11 heteroatoms. The van der Waals surface area contributed by atoms with Gasteiger partial charge in [0, 0.05) is 19.2 Å². The normalized spacial score (nSPS) is 12.1. The Morgan fingerprint density at radius 1 is 0.925 bits per heavy atom. The zero-order valence-electron chi connectivity index (χ0n) is 22.8. The van der Waals surface area contributed by atoms with E-state index in [1.807, 2.05) is 13.8 Å². The van der Waals surface area contributed by atoms with Crippen molar-refractivity contribution in [3.63, 3.8) is 0 Å². The number of sulfonamides is 1. The molecule has 3 aromatic carbocycles. The molecule has 1 atom stereocenters. The van der Waals surface area contributed by atoms with Crippen LogP contribution in [0.1, 0.15) is 26.3 Å². The fraction of sp³-hybridized carbons (Fsp3) is 0.310. The highest BCUT2D eigenvalue weighted by atomic mass is 35.5. The highest BCUT2D eigenvalue weighted by molar-refractivity contribution is 7.92. The van der Waals surface area contributed by atoms with Crippen molar-refractivity contribution in [1.29, 1.82) is 0 Å². The van der Waals surface area contributed by atoms with Crippen LogP contribution in [0.5, 0.6) is 5.75 Å². The summed E-state index contributed by atoms with van der Waals surface area (Å²) in [6, 6.07) is 18.3. The molecule has 0 fully saturated rings. The third kappa shape index (κ3) is 7.90. The SMILES string of the molecule is COc1cccc(N(CC(=O)N(Cc2ccc(Cl)c(Cl)c2)[C@@H](C)C(=O)NCC(C)C)S(=O)(=O)c2ccccc2)c1. The number of hydrogen-bond acceptors (Lipinski definition) is 5. The number of carbonyl (C=O) groups is 2. The van der Waals surface area contributed by atoms with E-state index < -0.39 is 28.5 Å². The highest BCUT2D eigenvalue weighted by Crippen LogP contribution is 2.28. The maximum absolute atomic E-state index is 13.9. The standard InChI is InChI=1S/C29H33Cl2N3O5S/c1-20(2)17-32-29(36)21(3)33(18-22-13-14-26(30)27(31)15-22)28(35)19-34(23-9-8-10-24(16-23)39-4)40(37,38)25-11-6-5-7-12-25/h5-16,20-21H,17-19H2,1-4H3,(H,32,36)/t21-/m0/s1. The van der Waals surface area contributed by atoms with Crippen molar-refractivity contribution in [1.82, 2.24) is 10.2 Å². The number of ether oxygens (including phenoxy) is 1. The lowest BCUT2D eigenvalue weighted by atomic mass is 10.1. The van der Waals surface area contributed by atoms with Gasteiger partial charge in [0.05, 0.1) is 27.7 Å². The number of methoxy groups -OCH3 is 1. The summed E-state index contributed by atoms with van der Waals surface area (Å²) in [7, 11) is -2.70. The zero-order valence-corrected chi connectivity index (χ0v) is 25.1. The molecule has 0 bridgehead atoms. The number of rotatable bonds is 12. The number of carbonyl (C=O) groups excluding carboxylic acids is 2. The monoisotopic (exact) mass is 605 g/mol. The van der Waals surface area contributed by atoms with E-state index in [1.54, 1.807) is 61.5 Å². The van der Waals surface area contributed by atoms with E-state index in [9.17, 15) is 18.0 Å². The van der Waals surface area contributed by atoms with Gasteiger partial charge < -0.3 is 15.0 Å². The average molecular weight is 607 g/mol. The fourth-order valence-electron chi connectivity index (χ4n) is 3.88. The Kier molecular flexibility index (Phi) is 10.8. The molecular formula is C29H33Cl2N3O5S. The number of nitrogens with one attached hydrogen (secondary N) is 1. The van der Waals surface area contributed by atoms with E-state index in [0.29, 0.717) is 27.9 Å². The molecule has 8 nitrogen and oxygen atoms in total. The quantitative estimate of drug-likeness (QED) is 0.299. The van der Waals surface area contributed by atoms with Gasteiger partial charge in [0.15, 0.2) is 0 Å². The number of anilines is 1. The largest absolute Gasteiger partial charge is 0.497 e. The summed E-state index contributed by atoms with van der Waals surface area (Å²) in [5.74, 6) is -0.316. The van der Waals surface area contributed by atoms with Gasteiger partial charge in [-0.15, -0.1) is 0 Å². The van der Waals surface area contributed by atoms with Gasteiger partial charge in [-0.25, -0.2) is 8.42 Å². The molecule has 40 heavy (non-hydrogen) atoms. The summed E-state index contributed by atoms with van der Waals surface area (Å²) < 4.78 is 34.0. The number of halogens is 2. The first-order valence-electron chi connectivity index (χ1n) is 12.7. The van der Waals surface area contributed by atoms with Crippen LogP contribution < -0.4 is 14.4 Å². The van der Waals surface area contributed by atoms with Gasteiger partial charge in [-0.3, -0.25) is 13.9 Å². The minimum atomic E-state index is -4.17. The molecule has 0 saturated heterocycles. The molecule has 0 heterocycles. The number of nitrogens with zero attached hydrogens (tertiary/aromatic N) is 2. The Morgan fingerprint density at radius 3 is 2.25 bits per heavy atom. The predicted molar refractivity (Wildman–Crippen MR) is 158 cm³/mol. The first kappa shape index (κ1) is 31.3. The Morgan fingerprint density at radius 2 is 1.62 bits per heavy atom. The first-order chi connectivity index (χ1) is 18.9. The third-order valence-electron chi connectivity index (χ3n) is 6.14. The van der Waals surface area contributed by atoms with Gasteiger partial charge >= 0.3 is 0 Å². The molecule has 0 aliphatic heterocycles. The van der Waals surface area contributed by atoms with Crippen LogP contribution in [0, 0.1) is 5.92 Å². The Balaban J connectivity index is 2.03. The summed E-state index contributed by atoms with van der Waals surface area (Å²) in [5, 5.41) is 3.50. The smallest absolute Gasteiger partial charge is 0.264 e. The topological polar surface area (TPSA) is 96.0 Å². The lowest BCUT2D eigenvalue weighted by Crippen LogP contribution is -2.51. The average Bonchev–Trinajstić information content (AvgIpc) is 2.95. The second kappa shape index (κ2) is 13.9. The summed E-state index contributed by atoms with van der Waals surface area (Å²) in [6.45, 7) is 5.40. The Hall–Kier alpha value is -3.27. The predicted octanol–water partition coefficient (Wildman–Crippen LogP) is 5.39. The summed E-state index contributed by atoms with van der Waals surface area (Å²) in [4.78, 5) is 28.4. The lowest BCUT2D eigenvalue weighted by molar-refractivity contribution is -0.139. The highest BCUT2D eigenvalue weighted by Gasteiger charge is 2.32. The van der Waals surface area contributed by atoms with Crippen LogP contribution in [0.25, 0.3) is 0 Å². The molecule has 1 N–H and O–H groups in total. The van der Waals surface area contributed by atoms with E-state index in [2.05, 4.69) is 5.32 Å². The van der Waals surface area contributed by atoms with Crippen molar-refractivity contribution in [2.24, 2.45) is 5.92 Å². The van der Waals surface area contributed by atoms with E-state index >= 15 is 0 Å². The molecule has 0 aromatic heterocycles. The summed E-state index contributed by atoms with van der Waals surface area (Å²) >= 11 is 12.3. The number of benzene rings is 3. The van der Waals surface area contributed by atoms with E-state index in [0.717, 1.165) is 4.31 Å².